The molecule has 3 heterocycles. The number of carbonyl (C=O) groups excluding carboxylic acids is 1. The number of pyridine rings is 1. The number of fused-ring (bicyclic) bond motifs is 3. The highest BCUT2D eigenvalue weighted by molar-refractivity contribution is 7.20. The zero-order valence-electron chi connectivity index (χ0n) is 19.1. The molecule has 0 atom stereocenters. The number of ketones is 1. The first-order chi connectivity index (χ1) is 16.5. The molecular formula is C25H23Cl2N5O2S. The Balaban J connectivity index is 0.00000289. The molecule has 2 N–H and O–H groups in total. The lowest BCUT2D eigenvalue weighted by Gasteiger charge is -2.15. The number of hydrogen-bond acceptors (Lipinski definition) is 8. The van der Waals surface area contributed by atoms with E-state index in [1.165, 1.54) is 17.7 Å². The molecule has 1 aliphatic rings. The molecule has 1 aromatic carbocycles. The molecule has 3 aromatic heterocycles. The highest BCUT2D eigenvalue weighted by atomic mass is 35.5. The predicted octanol–water partition coefficient (Wildman–Crippen LogP) is 5.87. The number of thiophene rings is 1. The summed E-state index contributed by atoms with van der Waals surface area (Å²) < 4.78 is 5.87. The largest absolute Gasteiger partial charge is 0.486 e. The summed E-state index contributed by atoms with van der Waals surface area (Å²) >= 11 is 8.02. The van der Waals surface area contributed by atoms with Gasteiger partial charge >= 0.3 is 0 Å². The molecule has 35 heavy (non-hydrogen) atoms. The number of carbonyl (C=O) groups is 1. The molecule has 5 rings (SSSR count). The van der Waals surface area contributed by atoms with E-state index < -0.39 is 0 Å². The number of allylic oxidation sites excluding steroid dienone is 1. The van der Waals surface area contributed by atoms with Crippen LogP contribution in [0.3, 0.4) is 0 Å². The molecule has 0 amide bonds. The minimum Gasteiger partial charge on any atom is -0.486 e. The van der Waals surface area contributed by atoms with E-state index in [2.05, 4.69) is 25.6 Å². The quantitative estimate of drug-likeness (QED) is 0.303. The van der Waals surface area contributed by atoms with Gasteiger partial charge in [-0.15, -0.1) is 23.7 Å². The fourth-order valence-corrected chi connectivity index (χ4v) is 5.46. The maximum Gasteiger partial charge on any atom is 0.166 e. The van der Waals surface area contributed by atoms with Crippen molar-refractivity contribution in [3.8, 4) is 5.75 Å². The Morgan fingerprint density at radius 2 is 2.06 bits per heavy atom. The van der Waals surface area contributed by atoms with Crippen molar-refractivity contribution in [2.45, 2.75) is 26.4 Å². The van der Waals surface area contributed by atoms with Crippen molar-refractivity contribution in [2.75, 3.05) is 12.4 Å². The smallest absolute Gasteiger partial charge is 0.166 e. The topological polar surface area (TPSA) is 89.0 Å². The van der Waals surface area contributed by atoms with E-state index in [1.807, 2.05) is 43.3 Å². The van der Waals surface area contributed by atoms with Crippen LogP contribution in [-0.4, -0.2) is 27.8 Å². The monoisotopic (exact) mass is 527 g/mol. The van der Waals surface area contributed by atoms with Gasteiger partial charge in [0.1, 0.15) is 29.3 Å². The fraction of sp³-hybridized carbons (Fsp3) is 0.200. The Hall–Kier alpha value is -3.20. The molecule has 180 valence electrons. The van der Waals surface area contributed by atoms with Crippen molar-refractivity contribution in [3.05, 3.63) is 75.8 Å². The number of benzene rings is 1. The first-order valence-corrected chi connectivity index (χ1v) is 12.0. The Kier molecular flexibility index (Phi) is 7.54. The first-order valence-electron chi connectivity index (χ1n) is 10.8. The number of aryl methyl sites for hydroxylation is 2. The number of ether oxygens (including phenoxy) is 1. The van der Waals surface area contributed by atoms with Gasteiger partial charge in [0.15, 0.2) is 5.78 Å². The summed E-state index contributed by atoms with van der Waals surface area (Å²) in [5, 5.41) is 7.79. The Labute approximate surface area is 218 Å². The SMILES string of the molecule is CN/C=C1/C(=O)CCc2c1sc1ncnc(Nc3ccc(OCc4cccc(C)n4)c(Cl)c3)c21.Cl. The van der Waals surface area contributed by atoms with Crippen LogP contribution >= 0.6 is 35.3 Å². The summed E-state index contributed by atoms with van der Waals surface area (Å²) in [4.78, 5) is 27.6. The van der Waals surface area contributed by atoms with Crippen LogP contribution in [0.5, 0.6) is 5.75 Å². The third-order valence-electron chi connectivity index (χ3n) is 5.54. The maximum absolute atomic E-state index is 12.4. The number of hydrogen-bond donors (Lipinski definition) is 2. The van der Waals surface area contributed by atoms with Crippen LogP contribution in [0.25, 0.3) is 15.8 Å². The van der Waals surface area contributed by atoms with E-state index in [9.17, 15) is 4.79 Å². The van der Waals surface area contributed by atoms with Gasteiger partial charge in [0, 0.05) is 35.9 Å². The minimum atomic E-state index is 0. The molecule has 0 fully saturated rings. The molecule has 0 unspecified atom stereocenters. The fourth-order valence-electron chi connectivity index (χ4n) is 4.00. The van der Waals surface area contributed by atoms with Crippen LogP contribution < -0.4 is 15.4 Å². The van der Waals surface area contributed by atoms with Gasteiger partial charge in [-0.05, 0) is 49.2 Å². The highest BCUT2D eigenvalue weighted by Gasteiger charge is 2.28. The average molecular weight is 528 g/mol. The summed E-state index contributed by atoms with van der Waals surface area (Å²) in [6.45, 7) is 2.28. The maximum atomic E-state index is 12.4. The molecule has 0 bridgehead atoms. The van der Waals surface area contributed by atoms with E-state index in [0.29, 0.717) is 41.6 Å². The van der Waals surface area contributed by atoms with Crippen molar-refractivity contribution in [1.29, 1.82) is 0 Å². The zero-order valence-corrected chi connectivity index (χ0v) is 21.5. The summed E-state index contributed by atoms with van der Waals surface area (Å²) in [5.74, 6) is 1.41. The second-order valence-corrected chi connectivity index (χ2v) is 9.32. The van der Waals surface area contributed by atoms with Crippen molar-refractivity contribution >= 4 is 68.4 Å². The average Bonchev–Trinajstić information content (AvgIpc) is 3.20. The molecule has 0 saturated heterocycles. The summed E-state index contributed by atoms with van der Waals surface area (Å²) in [6, 6.07) is 11.4. The Morgan fingerprint density at radius 3 is 2.83 bits per heavy atom. The number of nitrogens with zero attached hydrogens (tertiary/aromatic N) is 3. The van der Waals surface area contributed by atoms with Gasteiger partial charge in [0.25, 0.3) is 0 Å². The molecule has 0 aliphatic heterocycles. The lowest BCUT2D eigenvalue weighted by molar-refractivity contribution is -0.113. The molecule has 0 spiro atoms. The molecule has 0 radical (unpaired) electrons. The molecule has 1 aliphatic carbocycles. The number of halogens is 2. The van der Waals surface area contributed by atoms with Gasteiger partial charge in [-0.2, -0.15) is 0 Å². The van der Waals surface area contributed by atoms with Crippen LogP contribution in [0, 0.1) is 6.92 Å². The van der Waals surface area contributed by atoms with Gasteiger partial charge in [-0.3, -0.25) is 9.78 Å². The number of anilines is 2. The number of rotatable bonds is 6. The van der Waals surface area contributed by atoms with Crippen LogP contribution in [-0.2, 0) is 17.8 Å². The van der Waals surface area contributed by atoms with Gasteiger partial charge in [-0.25, -0.2) is 9.97 Å². The van der Waals surface area contributed by atoms with E-state index in [1.54, 1.807) is 13.2 Å². The second kappa shape index (κ2) is 10.6. The van der Waals surface area contributed by atoms with Gasteiger partial charge in [0.05, 0.1) is 21.7 Å². The third-order valence-corrected chi connectivity index (χ3v) is 7.01. The second-order valence-electron chi connectivity index (χ2n) is 7.91. The number of nitrogens with one attached hydrogen (secondary N) is 2. The normalized spacial score (nSPS) is 13.9. The first kappa shape index (κ1) is 24.9. The third kappa shape index (κ3) is 5.10. The van der Waals surface area contributed by atoms with Crippen molar-refractivity contribution in [2.24, 2.45) is 0 Å². The Morgan fingerprint density at radius 1 is 1.20 bits per heavy atom. The summed E-state index contributed by atoms with van der Waals surface area (Å²) in [6.07, 6.45) is 4.43. The lowest BCUT2D eigenvalue weighted by Crippen LogP contribution is -2.13. The lowest BCUT2D eigenvalue weighted by atomic mass is 9.92. The van der Waals surface area contributed by atoms with Crippen molar-refractivity contribution in [1.82, 2.24) is 20.3 Å². The van der Waals surface area contributed by atoms with Crippen LogP contribution in [0.1, 0.15) is 28.2 Å². The van der Waals surface area contributed by atoms with E-state index in [4.69, 9.17) is 16.3 Å². The summed E-state index contributed by atoms with van der Waals surface area (Å²) in [5.41, 5.74) is 4.36. The zero-order chi connectivity index (χ0) is 23.7. The molecule has 10 heteroatoms. The van der Waals surface area contributed by atoms with E-state index in [0.717, 1.165) is 37.7 Å². The van der Waals surface area contributed by atoms with Gasteiger partial charge < -0.3 is 15.4 Å². The number of Topliss-reactive ketones (excluding diaryl/α,β-unsaturated/α-hetero) is 1. The minimum absolute atomic E-state index is 0. The molecular weight excluding hydrogens is 505 g/mol. The summed E-state index contributed by atoms with van der Waals surface area (Å²) in [7, 11) is 1.79. The van der Waals surface area contributed by atoms with Gasteiger partial charge in [0.2, 0.25) is 0 Å². The van der Waals surface area contributed by atoms with E-state index in [-0.39, 0.29) is 18.2 Å². The molecule has 0 saturated carbocycles. The van der Waals surface area contributed by atoms with E-state index >= 15 is 0 Å². The van der Waals surface area contributed by atoms with Crippen LogP contribution in [0.15, 0.2) is 48.9 Å². The predicted molar refractivity (Wildman–Crippen MR) is 143 cm³/mol. The van der Waals surface area contributed by atoms with Crippen LogP contribution in [0.4, 0.5) is 11.5 Å². The Bertz CT molecular complexity index is 1440. The number of aromatic nitrogens is 3. The highest BCUT2D eigenvalue weighted by Crippen LogP contribution is 2.42. The van der Waals surface area contributed by atoms with Gasteiger partial charge in [-0.1, -0.05) is 17.7 Å². The molecule has 7 nitrogen and oxygen atoms in total. The standard InChI is InChI=1S/C25H22ClN5O2S.ClH/c1-14-4-3-5-16(30-14)12-33-21-9-6-15(10-19(21)26)31-24-22-17-7-8-20(32)18(11-27-2)23(17)34-25(22)29-13-28-24;/h3-6,9-11,13,27H,7-8,12H2,1-2H3,(H,28,29,31);1H/b18-11-;. The van der Waals surface area contributed by atoms with Crippen LogP contribution in [0.2, 0.25) is 5.02 Å². The molecule has 4 aromatic rings. The van der Waals surface area contributed by atoms with Crippen molar-refractivity contribution in [3.63, 3.8) is 0 Å². The van der Waals surface area contributed by atoms with Crippen molar-refractivity contribution < 1.29 is 9.53 Å².